The molecule has 0 spiro atoms. The van der Waals surface area contributed by atoms with Crippen LogP contribution < -0.4 is 81.0 Å². The van der Waals surface area contributed by atoms with Gasteiger partial charge in [-0.05, 0) is 135 Å². The maximum atomic E-state index is 14.2. The van der Waals surface area contributed by atoms with Crippen LogP contribution in [0.4, 0.5) is 0 Å². The number of rotatable bonds is 46. The summed E-state index contributed by atoms with van der Waals surface area (Å²) < 4.78 is 0. The summed E-state index contributed by atoms with van der Waals surface area (Å²) in [5, 5.41) is 79.6. The number of nitrogens with two attached hydrogens (primary N) is 3. The van der Waals surface area contributed by atoms with E-state index in [1.165, 1.54) is 46.4 Å². The number of aliphatic hydroxyl groups excluding tert-OH is 2. The highest BCUT2D eigenvalue weighted by Crippen LogP contribution is 2.19. The number of benzene rings is 1. The van der Waals surface area contributed by atoms with Crippen LogP contribution in [0.2, 0.25) is 0 Å². The first-order chi connectivity index (χ1) is 46.9. The predicted molar refractivity (Wildman–Crippen MR) is 364 cm³/mol. The van der Waals surface area contributed by atoms with Gasteiger partial charge in [-0.25, -0.2) is 4.79 Å². The summed E-state index contributed by atoms with van der Waals surface area (Å²) in [4.78, 5) is 203. The van der Waals surface area contributed by atoms with E-state index >= 15 is 0 Å². The molecule has 0 unspecified atom stereocenters. The SMILES string of the molecule is CSCC[C@H](NC(=O)[C@H](CC(=O)O)NC(=O)[C@@H](NC(=O)[C@H](C)NC(=O)[C@@H](NC(=O)[C@H](CCCCN)NC(=O)[C@H](CCCCN)NC(=O)[C@H](CC(=O)O)NC(=O)[C@H](C)NC(=O)[C@H](C)NC(=O)[C@@H](NC(=O)[C@@H](NC(=O)[C@@H](N)Cc1c[nH]c2ccccc12)C(C)C)[C@@H](C)O)[C@@H](C)O)C(C)C)C(=O)O. The monoisotopic (exact) mass is 1430 g/mol. The number of fused-ring (bicyclic) bond motifs is 1. The second-order valence-electron chi connectivity index (χ2n) is 25.0. The summed E-state index contributed by atoms with van der Waals surface area (Å²) >= 11 is 1.29. The van der Waals surface area contributed by atoms with E-state index in [9.17, 15) is 97.5 Å². The molecule has 2 aromatic rings. The topological polar surface area (TPSA) is 595 Å². The van der Waals surface area contributed by atoms with E-state index in [1.807, 2.05) is 24.3 Å². The molecule has 0 radical (unpaired) electrons. The van der Waals surface area contributed by atoms with Gasteiger partial charge in [0, 0.05) is 17.1 Å². The molecule has 0 bridgehead atoms. The van der Waals surface area contributed by atoms with E-state index in [4.69, 9.17) is 17.2 Å². The first kappa shape index (κ1) is 87.0. The van der Waals surface area contributed by atoms with Gasteiger partial charge in [-0.1, -0.05) is 45.9 Å². The fourth-order valence-electron chi connectivity index (χ4n) is 9.85. The molecular weight excluding hydrogens is 1330 g/mol. The number of carboxylic acid groups (broad SMARTS) is 3. The molecule has 0 saturated heterocycles. The normalized spacial score (nSPS) is 15.8. The molecule has 0 aliphatic rings. The lowest BCUT2D eigenvalue weighted by Crippen LogP contribution is -2.62. The van der Waals surface area contributed by atoms with Crippen molar-refractivity contribution >= 4 is 111 Å². The van der Waals surface area contributed by atoms with Crippen LogP contribution in [0.15, 0.2) is 30.5 Å². The maximum absolute atomic E-state index is 14.2. The number of carboxylic acids is 3. The predicted octanol–water partition coefficient (Wildman–Crippen LogP) is -4.97. The van der Waals surface area contributed by atoms with Gasteiger partial charge in [0.05, 0.1) is 31.1 Å². The lowest BCUT2D eigenvalue weighted by Gasteiger charge is -2.29. The summed E-state index contributed by atoms with van der Waals surface area (Å²) in [5.41, 5.74) is 19.3. The molecule has 0 aliphatic heterocycles. The van der Waals surface area contributed by atoms with Gasteiger partial charge < -0.3 is 112 Å². The van der Waals surface area contributed by atoms with Crippen LogP contribution in [0, 0.1) is 11.8 Å². The number of aliphatic hydroxyl groups is 2. The average Bonchev–Trinajstić information content (AvgIpc) is 1.53. The highest BCUT2D eigenvalue weighted by molar-refractivity contribution is 7.98. The first-order valence-electron chi connectivity index (χ1n) is 32.8. The molecule has 24 N–H and O–H groups in total. The van der Waals surface area contributed by atoms with Crippen LogP contribution in [0.1, 0.15) is 126 Å². The van der Waals surface area contributed by atoms with Crippen LogP contribution in [-0.2, 0) is 78.3 Å². The lowest BCUT2D eigenvalue weighted by atomic mass is 10.00. The van der Waals surface area contributed by atoms with Gasteiger partial charge >= 0.3 is 17.9 Å². The zero-order valence-corrected chi connectivity index (χ0v) is 58.7. The molecular formula is C63H102N16O20S. The minimum absolute atomic E-state index is 0.0242. The van der Waals surface area contributed by atoms with Crippen LogP contribution >= 0.6 is 11.8 Å². The Balaban J connectivity index is 2.23. The second-order valence-corrected chi connectivity index (χ2v) is 26.0. The number of para-hydroxylation sites is 1. The van der Waals surface area contributed by atoms with Crippen molar-refractivity contribution in [1.29, 1.82) is 0 Å². The van der Waals surface area contributed by atoms with E-state index in [-0.39, 0.29) is 51.6 Å². The quantitative estimate of drug-likeness (QED) is 0.0276. The maximum Gasteiger partial charge on any atom is 0.326 e. The largest absolute Gasteiger partial charge is 0.481 e. The van der Waals surface area contributed by atoms with Crippen LogP contribution in [0.3, 0.4) is 0 Å². The van der Waals surface area contributed by atoms with Crippen molar-refractivity contribution < 1.29 is 97.5 Å². The number of thioether (sulfide) groups is 1. The molecule has 1 heterocycles. The van der Waals surface area contributed by atoms with Gasteiger partial charge in [-0.3, -0.25) is 67.1 Å². The molecule has 1 aromatic heterocycles. The third-order valence-corrected chi connectivity index (χ3v) is 16.4. The Kier molecular flexibility index (Phi) is 37.8. The Hall–Kier alpha value is -9.04. The zero-order chi connectivity index (χ0) is 75.8. The van der Waals surface area contributed by atoms with Crippen molar-refractivity contribution in [2.75, 3.05) is 25.1 Å². The Morgan fingerprint density at radius 3 is 1.21 bits per heavy atom. The number of unbranched alkanes of at least 4 members (excludes halogenated alkanes) is 2. The highest BCUT2D eigenvalue weighted by Gasteiger charge is 2.39. The number of hydrogen-bond acceptors (Lipinski definition) is 21. The number of amides is 12. The van der Waals surface area contributed by atoms with Crippen molar-refractivity contribution in [2.45, 2.75) is 217 Å². The molecule has 0 aliphatic carbocycles. The average molecular weight is 1440 g/mol. The van der Waals surface area contributed by atoms with Crippen molar-refractivity contribution in [1.82, 2.24) is 68.8 Å². The number of H-pyrrole nitrogens is 1. The molecule has 0 saturated carbocycles. The van der Waals surface area contributed by atoms with Crippen LogP contribution in [0.5, 0.6) is 0 Å². The molecule has 12 amide bonds. The van der Waals surface area contributed by atoms with Gasteiger partial charge in [0.25, 0.3) is 0 Å². The van der Waals surface area contributed by atoms with Gasteiger partial charge in [0.15, 0.2) is 0 Å². The number of carbonyl (C=O) groups is 15. The molecule has 0 fully saturated rings. The summed E-state index contributed by atoms with van der Waals surface area (Å²) in [6.45, 7) is 12.3. The number of aromatic amines is 1. The van der Waals surface area contributed by atoms with E-state index in [1.54, 1.807) is 26.3 Å². The van der Waals surface area contributed by atoms with Gasteiger partial charge in [0.1, 0.15) is 72.5 Å². The van der Waals surface area contributed by atoms with Crippen LogP contribution in [0.25, 0.3) is 10.9 Å². The Labute approximate surface area is 583 Å². The van der Waals surface area contributed by atoms with Gasteiger partial charge in [-0.2, -0.15) is 11.8 Å². The van der Waals surface area contributed by atoms with Crippen molar-refractivity contribution in [3.05, 3.63) is 36.0 Å². The molecule has 15 atom stereocenters. The second kappa shape index (κ2) is 43.5. The Morgan fingerprint density at radius 1 is 0.430 bits per heavy atom. The van der Waals surface area contributed by atoms with Crippen LogP contribution in [-0.4, -0.2) is 235 Å². The van der Waals surface area contributed by atoms with Crippen molar-refractivity contribution in [2.24, 2.45) is 29.0 Å². The van der Waals surface area contributed by atoms with E-state index in [0.29, 0.717) is 18.6 Å². The minimum Gasteiger partial charge on any atom is -0.481 e. The van der Waals surface area contributed by atoms with Gasteiger partial charge in [-0.15, -0.1) is 0 Å². The fourth-order valence-corrected chi connectivity index (χ4v) is 10.3. The van der Waals surface area contributed by atoms with Gasteiger partial charge in [0.2, 0.25) is 70.9 Å². The summed E-state index contributed by atoms with van der Waals surface area (Å²) in [5.74, 6) is -17.8. The van der Waals surface area contributed by atoms with Crippen molar-refractivity contribution in [3.8, 4) is 0 Å². The molecule has 37 heteroatoms. The molecule has 100 heavy (non-hydrogen) atoms. The molecule has 2 rings (SSSR count). The standard InChI is InChI=1S/C63H102N16O20S/c1-29(2)47(59(94)75-44(27-46(84)85)58(93)73-42(63(98)99)21-24-100-10)76-53(88)33(7)70-61(96)49(34(8)80)78-56(91)41(20-14-16-23-65)71-55(90)40(19-13-15-22-64)72-57(92)43(26-45(82)83)74-52(87)32(6)68-51(86)31(5)69-62(97)50(35(9)81)79-60(95)48(30(3)4)77-54(89)38(66)25-36-28-67-39-18-12-11-17-37(36)39/h11-12,17-18,28-35,38,40-44,47-50,67,80-81H,13-16,19-27,64-66H2,1-10H3,(H,68,86)(H,69,97)(H,70,96)(H,71,90)(H,72,92)(H,73,93)(H,74,87)(H,75,94)(H,76,88)(H,77,89)(H,78,91)(H,79,95)(H,82,83)(H,84,85)(H,98,99)/t31-,32-,33-,34+,35+,38-,40-,41-,42-,43-,44-,47-,48-,49-,50-/m0/s1. The first-order valence-corrected chi connectivity index (χ1v) is 34.2. The molecule has 36 nitrogen and oxygen atoms in total. The lowest BCUT2D eigenvalue weighted by molar-refractivity contribution is -0.144. The minimum atomic E-state index is -1.92. The summed E-state index contributed by atoms with van der Waals surface area (Å²) in [6, 6.07) is -12.7. The number of aliphatic carboxylic acids is 3. The van der Waals surface area contributed by atoms with E-state index in [0.717, 1.165) is 30.3 Å². The van der Waals surface area contributed by atoms with Crippen molar-refractivity contribution in [3.63, 3.8) is 0 Å². The third kappa shape index (κ3) is 29.4. The fraction of sp³-hybridized carbons (Fsp3) is 0.635. The Morgan fingerprint density at radius 2 is 0.780 bits per heavy atom. The number of nitrogens with one attached hydrogen (secondary N) is 13. The summed E-state index contributed by atoms with van der Waals surface area (Å²) in [6.07, 6.45) is -1.11. The number of aromatic nitrogens is 1. The number of hydrogen-bond donors (Lipinski definition) is 21. The third-order valence-electron chi connectivity index (χ3n) is 15.7. The summed E-state index contributed by atoms with van der Waals surface area (Å²) in [7, 11) is 0. The smallest absolute Gasteiger partial charge is 0.326 e. The Bertz CT molecular complexity index is 3150. The van der Waals surface area contributed by atoms with E-state index in [2.05, 4.69) is 68.8 Å². The molecule has 1 aromatic carbocycles. The van der Waals surface area contributed by atoms with E-state index < -0.39 is 204 Å². The number of carbonyl (C=O) groups excluding carboxylic acids is 12. The molecule has 560 valence electrons. The highest BCUT2D eigenvalue weighted by atomic mass is 32.2. The zero-order valence-electron chi connectivity index (χ0n) is 57.9.